The highest BCUT2D eigenvalue weighted by molar-refractivity contribution is 6.35. The molecule has 0 aromatic heterocycles. The number of hydrogen-bond donors (Lipinski definition) is 0. The van der Waals surface area contributed by atoms with Crippen LogP contribution in [0, 0.1) is 11.3 Å². The molecule has 1 aromatic rings. The summed E-state index contributed by atoms with van der Waals surface area (Å²) in [5.41, 5.74) is 1.04. The average Bonchev–Trinajstić information content (AvgIpc) is 2.69. The van der Waals surface area contributed by atoms with E-state index in [4.69, 9.17) is 28.5 Å². The molecule has 0 N–H and O–H groups in total. The Balaban J connectivity index is 2.12. The maximum atomic E-state index is 8.98. The first-order chi connectivity index (χ1) is 7.70. The lowest BCUT2D eigenvalue weighted by Gasteiger charge is -2.19. The topological polar surface area (TPSA) is 27.0 Å². The largest absolute Gasteiger partial charge is 0.284 e. The lowest BCUT2D eigenvalue weighted by Crippen LogP contribution is -2.27. The van der Waals surface area contributed by atoms with E-state index in [0.717, 1.165) is 31.5 Å². The first kappa shape index (κ1) is 11.7. The van der Waals surface area contributed by atoms with Crippen molar-refractivity contribution >= 4 is 23.2 Å². The van der Waals surface area contributed by atoms with E-state index < -0.39 is 0 Å². The molecule has 1 aromatic carbocycles. The van der Waals surface area contributed by atoms with Crippen molar-refractivity contribution in [2.24, 2.45) is 0 Å². The summed E-state index contributed by atoms with van der Waals surface area (Å²) in [5.74, 6) is 0. The van der Waals surface area contributed by atoms with Gasteiger partial charge in [0, 0.05) is 16.6 Å². The molecule has 2 nitrogen and oxygen atoms in total. The van der Waals surface area contributed by atoms with Crippen molar-refractivity contribution in [2.45, 2.75) is 25.4 Å². The molecule has 84 valence electrons. The lowest BCUT2D eigenvalue weighted by atomic mass is 10.2. The molecule has 1 saturated heterocycles. The van der Waals surface area contributed by atoms with Crippen LogP contribution in [0.5, 0.6) is 0 Å². The van der Waals surface area contributed by atoms with Crippen LogP contribution in [-0.4, -0.2) is 17.5 Å². The van der Waals surface area contributed by atoms with Gasteiger partial charge in [0.05, 0.1) is 12.1 Å². The number of nitriles is 1. The van der Waals surface area contributed by atoms with Crippen LogP contribution in [0.1, 0.15) is 18.4 Å². The Labute approximate surface area is 105 Å². The fraction of sp³-hybridized carbons (Fsp3) is 0.417. The van der Waals surface area contributed by atoms with Crippen molar-refractivity contribution in [1.82, 2.24) is 4.90 Å². The van der Waals surface area contributed by atoms with Gasteiger partial charge in [-0.3, -0.25) is 4.90 Å². The van der Waals surface area contributed by atoms with E-state index >= 15 is 0 Å². The van der Waals surface area contributed by atoms with Gasteiger partial charge in [-0.25, -0.2) is 0 Å². The molecular formula is C12H12Cl2N2. The van der Waals surface area contributed by atoms with Crippen molar-refractivity contribution in [3.05, 3.63) is 33.8 Å². The second-order valence-electron chi connectivity index (χ2n) is 3.99. The molecule has 0 spiro atoms. The maximum Gasteiger partial charge on any atom is 0.0981 e. The number of hydrogen-bond acceptors (Lipinski definition) is 2. The number of halogens is 2. The van der Waals surface area contributed by atoms with E-state index in [-0.39, 0.29) is 6.04 Å². The molecule has 4 heteroatoms. The number of rotatable bonds is 2. The maximum absolute atomic E-state index is 8.98. The molecule has 2 rings (SSSR count). The van der Waals surface area contributed by atoms with Crippen molar-refractivity contribution in [3.8, 4) is 6.07 Å². The van der Waals surface area contributed by atoms with Crippen LogP contribution in [0.15, 0.2) is 18.2 Å². The van der Waals surface area contributed by atoms with Crippen LogP contribution >= 0.6 is 23.2 Å². The molecule has 0 aliphatic carbocycles. The Hall–Kier alpha value is -0.750. The van der Waals surface area contributed by atoms with Gasteiger partial charge in [-0.05, 0) is 37.1 Å². The summed E-state index contributed by atoms with van der Waals surface area (Å²) in [6, 6.07) is 7.86. The smallest absolute Gasteiger partial charge is 0.0981 e. The van der Waals surface area contributed by atoms with E-state index in [0.29, 0.717) is 10.0 Å². The predicted octanol–water partition coefficient (Wildman–Crippen LogP) is 3.48. The van der Waals surface area contributed by atoms with E-state index in [1.807, 2.05) is 12.1 Å². The molecular weight excluding hydrogens is 243 g/mol. The molecule has 1 atom stereocenters. The lowest BCUT2D eigenvalue weighted by molar-refractivity contribution is 0.286. The first-order valence-electron chi connectivity index (χ1n) is 5.28. The Kier molecular flexibility index (Phi) is 3.70. The van der Waals surface area contributed by atoms with Crippen molar-refractivity contribution in [1.29, 1.82) is 5.26 Å². The number of likely N-dealkylation sites (tertiary alicyclic amines) is 1. The van der Waals surface area contributed by atoms with Gasteiger partial charge >= 0.3 is 0 Å². The Morgan fingerprint density at radius 2 is 2.25 bits per heavy atom. The fourth-order valence-corrected chi connectivity index (χ4v) is 2.50. The van der Waals surface area contributed by atoms with Gasteiger partial charge < -0.3 is 0 Å². The SMILES string of the molecule is N#CC1CCCN1Cc1ccc(Cl)cc1Cl. The highest BCUT2D eigenvalue weighted by atomic mass is 35.5. The standard InChI is InChI=1S/C12H12Cl2N2/c13-10-4-3-9(12(14)6-10)8-16-5-1-2-11(16)7-15/h3-4,6,11H,1-2,5,8H2. The molecule has 1 fully saturated rings. The second-order valence-corrected chi connectivity index (χ2v) is 4.84. The van der Waals surface area contributed by atoms with Gasteiger partial charge in [0.25, 0.3) is 0 Å². The first-order valence-corrected chi connectivity index (χ1v) is 6.04. The van der Waals surface area contributed by atoms with Crippen LogP contribution in [0.2, 0.25) is 10.0 Å². The highest BCUT2D eigenvalue weighted by Gasteiger charge is 2.24. The van der Waals surface area contributed by atoms with Crippen molar-refractivity contribution in [3.63, 3.8) is 0 Å². The predicted molar refractivity (Wildman–Crippen MR) is 65.5 cm³/mol. The summed E-state index contributed by atoms with van der Waals surface area (Å²) < 4.78 is 0. The van der Waals surface area contributed by atoms with E-state index in [9.17, 15) is 0 Å². The van der Waals surface area contributed by atoms with E-state index in [2.05, 4.69) is 11.0 Å². The monoisotopic (exact) mass is 254 g/mol. The minimum atomic E-state index is 0.0340. The fourth-order valence-electron chi connectivity index (χ4n) is 2.03. The van der Waals surface area contributed by atoms with Crippen molar-refractivity contribution in [2.75, 3.05) is 6.54 Å². The van der Waals surface area contributed by atoms with E-state index in [1.165, 1.54) is 0 Å². The van der Waals surface area contributed by atoms with Crippen LogP contribution in [-0.2, 0) is 6.54 Å². The third-order valence-corrected chi connectivity index (χ3v) is 3.49. The normalized spacial score (nSPS) is 20.9. The zero-order chi connectivity index (χ0) is 11.5. The molecule has 0 radical (unpaired) electrons. The minimum Gasteiger partial charge on any atom is -0.284 e. The number of benzene rings is 1. The third-order valence-electron chi connectivity index (χ3n) is 2.90. The van der Waals surface area contributed by atoms with Crippen LogP contribution in [0.25, 0.3) is 0 Å². The molecule has 16 heavy (non-hydrogen) atoms. The molecule has 1 unspecified atom stereocenters. The molecule has 1 aliphatic heterocycles. The zero-order valence-corrected chi connectivity index (χ0v) is 10.3. The van der Waals surface area contributed by atoms with Crippen LogP contribution in [0.4, 0.5) is 0 Å². The summed E-state index contributed by atoms with van der Waals surface area (Å²) in [7, 11) is 0. The molecule has 0 amide bonds. The van der Waals surface area contributed by atoms with Crippen LogP contribution < -0.4 is 0 Å². The minimum absolute atomic E-state index is 0.0340. The number of nitrogens with zero attached hydrogens (tertiary/aromatic N) is 2. The van der Waals surface area contributed by atoms with Gasteiger partial charge in [-0.2, -0.15) is 5.26 Å². The quantitative estimate of drug-likeness (QED) is 0.808. The molecule has 0 bridgehead atoms. The Bertz CT molecular complexity index is 426. The van der Waals surface area contributed by atoms with Crippen molar-refractivity contribution < 1.29 is 0 Å². The van der Waals surface area contributed by atoms with Gasteiger partial charge in [0.1, 0.15) is 0 Å². The molecule has 1 heterocycles. The third kappa shape index (κ3) is 2.49. The van der Waals surface area contributed by atoms with Gasteiger partial charge in [0.2, 0.25) is 0 Å². The van der Waals surface area contributed by atoms with Gasteiger partial charge in [-0.15, -0.1) is 0 Å². The second kappa shape index (κ2) is 5.05. The van der Waals surface area contributed by atoms with Crippen LogP contribution in [0.3, 0.4) is 0 Å². The molecule has 0 saturated carbocycles. The van der Waals surface area contributed by atoms with Gasteiger partial charge in [-0.1, -0.05) is 29.3 Å². The summed E-state index contributed by atoms with van der Waals surface area (Å²) >= 11 is 11.9. The Morgan fingerprint density at radius 3 is 2.94 bits per heavy atom. The zero-order valence-electron chi connectivity index (χ0n) is 8.79. The van der Waals surface area contributed by atoms with Gasteiger partial charge in [0.15, 0.2) is 0 Å². The highest BCUT2D eigenvalue weighted by Crippen LogP contribution is 2.25. The summed E-state index contributed by atoms with van der Waals surface area (Å²) in [5, 5.41) is 10.3. The average molecular weight is 255 g/mol. The molecule has 1 aliphatic rings. The summed E-state index contributed by atoms with van der Waals surface area (Å²) in [4.78, 5) is 2.16. The Morgan fingerprint density at radius 1 is 1.44 bits per heavy atom. The summed E-state index contributed by atoms with van der Waals surface area (Å²) in [6.45, 7) is 1.70. The summed E-state index contributed by atoms with van der Waals surface area (Å²) in [6.07, 6.45) is 2.05. The van der Waals surface area contributed by atoms with E-state index in [1.54, 1.807) is 6.07 Å².